The summed E-state index contributed by atoms with van der Waals surface area (Å²) in [7, 11) is 0. The van der Waals surface area contributed by atoms with Crippen LogP contribution in [0.3, 0.4) is 0 Å². The minimum absolute atomic E-state index is 0.254. The summed E-state index contributed by atoms with van der Waals surface area (Å²) in [6.45, 7) is 2.80. The summed E-state index contributed by atoms with van der Waals surface area (Å²) in [6, 6.07) is 8.40. The molecule has 2 fully saturated rings. The van der Waals surface area contributed by atoms with Crippen molar-refractivity contribution in [3.63, 3.8) is 0 Å². The van der Waals surface area contributed by atoms with Crippen LogP contribution < -0.4 is 10.6 Å². The highest BCUT2D eigenvalue weighted by molar-refractivity contribution is 7.17. The van der Waals surface area contributed by atoms with Crippen molar-refractivity contribution in [1.82, 2.24) is 10.6 Å². The molecule has 1 aromatic heterocycles. The van der Waals surface area contributed by atoms with E-state index >= 15 is 0 Å². The van der Waals surface area contributed by atoms with Gasteiger partial charge in [-0.25, -0.2) is 0 Å². The van der Waals surface area contributed by atoms with Crippen LogP contribution in [-0.4, -0.2) is 19.0 Å². The fraction of sp³-hybridized carbons (Fsp3) is 0.471. The van der Waals surface area contributed by atoms with E-state index in [2.05, 4.69) is 40.3 Å². The molecule has 4 heteroatoms. The first-order valence-electron chi connectivity index (χ1n) is 7.72. The maximum atomic E-state index is 12.4. The molecule has 1 atom stereocenters. The second-order valence-corrected chi connectivity index (χ2v) is 7.26. The maximum Gasteiger partial charge on any atom is 0.223 e. The molecular formula is C17H20N2OS. The predicted molar refractivity (Wildman–Crippen MR) is 86.3 cm³/mol. The Labute approximate surface area is 128 Å². The van der Waals surface area contributed by atoms with E-state index < -0.39 is 0 Å². The molecule has 110 valence electrons. The molecule has 1 unspecified atom stereocenters. The fourth-order valence-electron chi connectivity index (χ4n) is 3.67. The Morgan fingerprint density at radius 3 is 3.00 bits per heavy atom. The predicted octanol–water partition coefficient (Wildman–Crippen LogP) is 2.91. The molecule has 1 aliphatic carbocycles. The SMILES string of the molecule is O=C(NCc1csc2ccccc12)C1CC12CCNCC2. The van der Waals surface area contributed by atoms with E-state index in [0.29, 0.717) is 12.0 Å². The molecule has 1 saturated carbocycles. The molecule has 2 heterocycles. The largest absolute Gasteiger partial charge is 0.352 e. The van der Waals surface area contributed by atoms with Crippen molar-refractivity contribution in [2.75, 3.05) is 13.1 Å². The van der Waals surface area contributed by atoms with Crippen molar-refractivity contribution in [1.29, 1.82) is 0 Å². The average Bonchev–Trinajstić information content (AvgIpc) is 3.05. The third-order valence-corrected chi connectivity index (χ3v) is 6.13. The van der Waals surface area contributed by atoms with E-state index in [4.69, 9.17) is 0 Å². The molecular weight excluding hydrogens is 280 g/mol. The number of benzene rings is 1. The highest BCUT2D eigenvalue weighted by atomic mass is 32.1. The summed E-state index contributed by atoms with van der Waals surface area (Å²) in [6.07, 6.45) is 3.41. The van der Waals surface area contributed by atoms with Crippen LogP contribution in [-0.2, 0) is 11.3 Å². The van der Waals surface area contributed by atoms with E-state index in [1.165, 1.54) is 15.6 Å². The van der Waals surface area contributed by atoms with Gasteiger partial charge in [0.15, 0.2) is 0 Å². The van der Waals surface area contributed by atoms with E-state index in [1.807, 2.05) is 0 Å². The minimum atomic E-state index is 0.254. The Morgan fingerprint density at radius 1 is 1.33 bits per heavy atom. The van der Waals surface area contributed by atoms with E-state index in [9.17, 15) is 4.79 Å². The van der Waals surface area contributed by atoms with E-state index in [-0.39, 0.29) is 11.8 Å². The highest BCUT2D eigenvalue weighted by Crippen LogP contribution is 2.58. The van der Waals surface area contributed by atoms with Gasteiger partial charge in [-0.1, -0.05) is 18.2 Å². The molecule has 3 nitrogen and oxygen atoms in total. The molecule has 4 rings (SSSR count). The number of carbonyl (C=O) groups excluding carboxylic acids is 1. The zero-order valence-electron chi connectivity index (χ0n) is 12.0. The number of rotatable bonds is 3. The summed E-state index contributed by atoms with van der Waals surface area (Å²) in [5, 5.41) is 9.98. The van der Waals surface area contributed by atoms with Gasteiger partial charge in [0.05, 0.1) is 0 Å². The monoisotopic (exact) mass is 300 g/mol. The van der Waals surface area contributed by atoms with E-state index in [1.54, 1.807) is 11.3 Å². The smallest absolute Gasteiger partial charge is 0.223 e. The third kappa shape index (κ3) is 2.36. The molecule has 0 bridgehead atoms. The summed E-state index contributed by atoms with van der Waals surface area (Å²) >= 11 is 1.75. The first-order chi connectivity index (χ1) is 10.3. The highest BCUT2D eigenvalue weighted by Gasteiger charge is 2.57. The van der Waals surface area contributed by atoms with Crippen molar-refractivity contribution in [3.8, 4) is 0 Å². The number of amides is 1. The number of piperidine rings is 1. The third-order valence-electron chi connectivity index (χ3n) is 5.12. The normalized spacial score (nSPS) is 23.3. The van der Waals surface area contributed by atoms with Crippen molar-refractivity contribution in [2.24, 2.45) is 11.3 Å². The summed E-state index contributed by atoms with van der Waals surface area (Å²) in [4.78, 5) is 12.4. The number of fused-ring (bicyclic) bond motifs is 1. The van der Waals surface area contributed by atoms with Crippen molar-refractivity contribution in [3.05, 3.63) is 35.2 Å². The van der Waals surface area contributed by atoms with Crippen LogP contribution in [0.25, 0.3) is 10.1 Å². The standard InChI is InChI=1S/C17H20N2OS/c20-16(14-9-17(14)5-7-18-8-6-17)19-10-12-11-21-15-4-2-1-3-13(12)15/h1-4,11,14,18H,5-10H2,(H,19,20). The number of hydrogen-bond donors (Lipinski definition) is 2. The quantitative estimate of drug-likeness (QED) is 0.915. The van der Waals surface area contributed by atoms with E-state index in [0.717, 1.165) is 32.4 Å². The fourth-order valence-corrected chi connectivity index (χ4v) is 4.63. The van der Waals surface area contributed by atoms with Crippen LogP contribution in [0.2, 0.25) is 0 Å². The average molecular weight is 300 g/mol. The number of nitrogens with one attached hydrogen (secondary N) is 2. The van der Waals surface area contributed by atoms with Gasteiger partial charge in [0.1, 0.15) is 0 Å². The van der Waals surface area contributed by atoms with Gasteiger partial charge in [-0.3, -0.25) is 4.79 Å². The number of carbonyl (C=O) groups is 1. The zero-order chi connectivity index (χ0) is 14.3. The second-order valence-electron chi connectivity index (χ2n) is 6.34. The van der Waals surface area contributed by atoms with Gasteiger partial charge in [-0.15, -0.1) is 11.3 Å². The van der Waals surface area contributed by atoms with Gasteiger partial charge >= 0.3 is 0 Å². The Hall–Kier alpha value is -1.39. The first kappa shape index (κ1) is 13.3. The summed E-state index contributed by atoms with van der Waals surface area (Å²) < 4.78 is 1.29. The van der Waals surface area contributed by atoms with Crippen LogP contribution in [0, 0.1) is 11.3 Å². The van der Waals surface area contributed by atoms with Crippen molar-refractivity contribution >= 4 is 27.3 Å². The lowest BCUT2D eigenvalue weighted by Gasteiger charge is -2.23. The molecule has 1 aliphatic heterocycles. The van der Waals surface area contributed by atoms with Gasteiger partial charge in [0, 0.05) is 17.2 Å². The van der Waals surface area contributed by atoms with Gasteiger partial charge in [-0.05, 0) is 60.2 Å². The van der Waals surface area contributed by atoms with Crippen LogP contribution in [0.5, 0.6) is 0 Å². The lowest BCUT2D eigenvalue weighted by Crippen LogP contribution is -2.33. The Kier molecular flexibility index (Phi) is 3.23. The topological polar surface area (TPSA) is 41.1 Å². The number of thiophene rings is 1. The Bertz CT molecular complexity index is 672. The lowest BCUT2D eigenvalue weighted by molar-refractivity contribution is -0.123. The van der Waals surface area contributed by atoms with Crippen molar-refractivity contribution < 1.29 is 4.79 Å². The van der Waals surface area contributed by atoms with Gasteiger partial charge in [0.2, 0.25) is 5.91 Å². The lowest BCUT2D eigenvalue weighted by atomic mass is 9.92. The van der Waals surface area contributed by atoms with Crippen LogP contribution in [0.1, 0.15) is 24.8 Å². The van der Waals surface area contributed by atoms with Crippen LogP contribution in [0.4, 0.5) is 0 Å². The molecule has 21 heavy (non-hydrogen) atoms. The molecule has 1 spiro atoms. The van der Waals surface area contributed by atoms with Crippen molar-refractivity contribution in [2.45, 2.75) is 25.8 Å². The summed E-state index contributed by atoms with van der Waals surface area (Å²) in [5.41, 5.74) is 1.57. The Balaban J connectivity index is 1.40. The van der Waals surface area contributed by atoms with Crippen LogP contribution >= 0.6 is 11.3 Å². The first-order valence-corrected chi connectivity index (χ1v) is 8.60. The molecule has 0 radical (unpaired) electrons. The zero-order valence-corrected chi connectivity index (χ0v) is 12.8. The molecule has 1 amide bonds. The molecule has 2 aliphatic rings. The molecule has 2 aromatic rings. The molecule has 1 aromatic carbocycles. The summed E-state index contributed by atoms with van der Waals surface area (Å²) in [5.74, 6) is 0.511. The van der Waals surface area contributed by atoms with Gasteiger partial charge < -0.3 is 10.6 Å². The maximum absolute atomic E-state index is 12.4. The minimum Gasteiger partial charge on any atom is -0.352 e. The molecule has 1 saturated heterocycles. The van der Waals surface area contributed by atoms with Gasteiger partial charge in [0.25, 0.3) is 0 Å². The number of hydrogen-bond acceptors (Lipinski definition) is 3. The molecule has 2 N–H and O–H groups in total. The second kappa shape index (κ2) is 5.11. The van der Waals surface area contributed by atoms with Crippen LogP contribution in [0.15, 0.2) is 29.6 Å². The van der Waals surface area contributed by atoms with Gasteiger partial charge in [-0.2, -0.15) is 0 Å². The Morgan fingerprint density at radius 2 is 2.14 bits per heavy atom.